The van der Waals surface area contributed by atoms with Crippen LogP contribution in [0.25, 0.3) is 0 Å². The van der Waals surface area contributed by atoms with E-state index in [0.29, 0.717) is 12.2 Å². The zero-order valence-electron chi connectivity index (χ0n) is 17.1. The zero-order valence-corrected chi connectivity index (χ0v) is 17.9. The summed E-state index contributed by atoms with van der Waals surface area (Å²) >= 11 is 0. The van der Waals surface area contributed by atoms with Crippen molar-refractivity contribution in [3.05, 3.63) is 52.9 Å². The van der Waals surface area contributed by atoms with Crippen molar-refractivity contribution < 1.29 is 17.9 Å². The van der Waals surface area contributed by atoms with Crippen LogP contribution in [0.2, 0.25) is 0 Å². The van der Waals surface area contributed by atoms with Gasteiger partial charge in [-0.3, -0.25) is 4.98 Å². The molecule has 0 aromatic carbocycles. The van der Waals surface area contributed by atoms with Gasteiger partial charge in [-0.1, -0.05) is 51.5 Å². The van der Waals surface area contributed by atoms with E-state index < -0.39 is 21.5 Å². The Morgan fingerprint density at radius 2 is 1.86 bits per heavy atom. The number of nitrogens with zero attached hydrogens (tertiary/aromatic N) is 1. The number of pyridine rings is 1. The first-order chi connectivity index (χ1) is 13.4. The monoisotopic (exact) mass is 408 g/mol. The molecule has 2 rings (SSSR count). The van der Waals surface area contributed by atoms with Crippen molar-refractivity contribution in [3.8, 4) is 0 Å². The minimum absolute atomic E-state index is 0.174. The van der Waals surface area contributed by atoms with E-state index >= 15 is 0 Å². The standard InChI is InChI=1S/C21H32N2O4S/c1-4-5-6-7-8-9-12-18-19(28(22,24)25)13-14-20(26-2)21(18,27-3)17-11-10-15-23-16-17/h10-11,13-16,18H,4-9,12H2,1-3H3,(H2,22,24,25). The maximum Gasteiger partial charge on any atom is 0.234 e. The lowest BCUT2D eigenvalue weighted by Gasteiger charge is -2.43. The molecule has 1 aromatic heterocycles. The Morgan fingerprint density at radius 3 is 2.43 bits per heavy atom. The first-order valence-electron chi connectivity index (χ1n) is 9.86. The van der Waals surface area contributed by atoms with E-state index in [4.69, 9.17) is 14.6 Å². The Labute approximate surface area is 168 Å². The average Bonchev–Trinajstić information content (AvgIpc) is 2.69. The third-order valence-corrected chi connectivity index (χ3v) is 6.48. The molecule has 28 heavy (non-hydrogen) atoms. The van der Waals surface area contributed by atoms with Gasteiger partial charge in [0.2, 0.25) is 10.0 Å². The molecule has 0 radical (unpaired) electrons. The minimum Gasteiger partial charge on any atom is -0.498 e. The van der Waals surface area contributed by atoms with Crippen molar-refractivity contribution in [1.29, 1.82) is 0 Å². The van der Waals surface area contributed by atoms with Crippen LogP contribution < -0.4 is 5.14 Å². The molecule has 1 aromatic rings. The first-order valence-corrected chi connectivity index (χ1v) is 11.4. The largest absolute Gasteiger partial charge is 0.498 e. The van der Waals surface area contributed by atoms with Crippen LogP contribution in [0.1, 0.15) is 57.4 Å². The number of sulfonamides is 1. The molecule has 0 amide bonds. The Hall–Kier alpha value is -1.70. The summed E-state index contributed by atoms with van der Waals surface area (Å²) < 4.78 is 36.4. The van der Waals surface area contributed by atoms with Crippen LogP contribution in [0.5, 0.6) is 0 Å². The number of rotatable bonds is 11. The molecule has 2 N–H and O–H groups in total. The number of nitrogens with two attached hydrogens (primary N) is 1. The van der Waals surface area contributed by atoms with Crippen molar-refractivity contribution in [3.63, 3.8) is 0 Å². The van der Waals surface area contributed by atoms with Crippen LogP contribution in [0, 0.1) is 5.92 Å². The molecule has 1 heterocycles. The summed E-state index contributed by atoms with van der Waals surface area (Å²) in [6.07, 6.45) is 13.8. The maximum atomic E-state index is 12.4. The van der Waals surface area contributed by atoms with Crippen molar-refractivity contribution in [2.45, 2.75) is 57.5 Å². The fourth-order valence-corrected chi connectivity index (χ4v) is 4.98. The van der Waals surface area contributed by atoms with Crippen LogP contribution in [0.15, 0.2) is 47.3 Å². The van der Waals surface area contributed by atoms with E-state index in [-0.39, 0.29) is 4.91 Å². The van der Waals surface area contributed by atoms with E-state index in [0.717, 1.165) is 24.8 Å². The summed E-state index contributed by atoms with van der Waals surface area (Å²) in [5.74, 6) is 0.0641. The molecule has 0 fully saturated rings. The Morgan fingerprint density at radius 1 is 1.14 bits per heavy atom. The summed E-state index contributed by atoms with van der Waals surface area (Å²) in [5, 5.41) is 5.57. The van der Waals surface area contributed by atoms with Gasteiger partial charge >= 0.3 is 0 Å². The number of allylic oxidation sites excluding steroid dienone is 2. The second kappa shape index (κ2) is 10.2. The molecule has 0 saturated heterocycles. The topological polar surface area (TPSA) is 91.5 Å². The lowest BCUT2D eigenvalue weighted by Crippen LogP contribution is -2.44. The van der Waals surface area contributed by atoms with Crippen LogP contribution >= 0.6 is 0 Å². The van der Waals surface area contributed by atoms with Gasteiger partial charge in [-0.15, -0.1) is 0 Å². The van der Waals surface area contributed by atoms with Gasteiger partial charge in [0.25, 0.3) is 0 Å². The molecule has 156 valence electrons. The van der Waals surface area contributed by atoms with E-state index in [2.05, 4.69) is 11.9 Å². The molecule has 0 saturated carbocycles. The normalized spacial score (nSPS) is 22.5. The highest BCUT2D eigenvalue weighted by atomic mass is 32.2. The van der Waals surface area contributed by atoms with Gasteiger partial charge in [-0.2, -0.15) is 0 Å². The second-order valence-corrected chi connectivity index (χ2v) is 8.70. The van der Waals surface area contributed by atoms with E-state index in [1.54, 1.807) is 44.8 Å². The summed E-state index contributed by atoms with van der Waals surface area (Å²) in [5.41, 5.74) is -0.334. The summed E-state index contributed by atoms with van der Waals surface area (Å²) in [6, 6.07) is 3.68. The smallest absolute Gasteiger partial charge is 0.234 e. The summed E-state index contributed by atoms with van der Waals surface area (Å²) in [6.45, 7) is 2.19. The third kappa shape index (κ3) is 4.82. The lowest BCUT2D eigenvalue weighted by molar-refractivity contribution is -0.0606. The summed E-state index contributed by atoms with van der Waals surface area (Å²) in [4.78, 5) is 4.38. The third-order valence-electron chi connectivity index (χ3n) is 5.41. The Balaban J connectivity index is 2.42. The van der Waals surface area contributed by atoms with Gasteiger partial charge in [0.1, 0.15) is 5.76 Å². The van der Waals surface area contributed by atoms with Crippen molar-refractivity contribution in [2.75, 3.05) is 14.2 Å². The molecule has 6 nitrogen and oxygen atoms in total. The number of primary sulfonamides is 1. The highest BCUT2D eigenvalue weighted by Crippen LogP contribution is 2.49. The molecule has 2 unspecified atom stereocenters. The van der Waals surface area contributed by atoms with Gasteiger partial charge in [-0.05, 0) is 24.6 Å². The average molecular weight is 409 g/mol. The molecule has 0 aliphatic heterocycles. The Kier molecular flexibility index (Phi) is 8.22. The van der Waals surface area contributed by atoms with E-state index in [1.807, 2.05) is 6.07 Å². The molecule has 1 aliphatic rings. The molecular weight excluding hydrogens is 376 g/mol. The summed E-state index contributed by atoms with van der Waals surface area (Å²) in [7, 11) is -0.754. The molecule has 7 heteroatoms. The predicted molar refractivity (Wildman–Crippen MR) is 111 cm³/mol. The first kappa shape index (κ1) is 22.6. The molecule has 0 spiro atoms. The van der Waals surface area contributed by atoms with Crippen LogP contribution in [-0.4, -0.2) is 27.6 Å². The fraction of sp³-hybridized carbons (Fsp3) is 0.571. The minimum atomic E-state index is -3.89. The number of ether oxygens (including phenoxy) is 2. The van der Waals surface area contributed by atoms with Crippen molar-refractivity contribution in [1.82, 2.24) is 4.98 Å². The molecule has 1 aliphatic carbocycles. The van der Waals surface area contributed by atoms with Crippen LogP contribution in [0.3, 0.4) is 0 Å². The van der Waals surface area contributed by atoms with Gasteiger partial charge in [0.15, 0.2) is 5.60 Å². The highest BCUT2D eigenvalue weighted by Gasteiger charge is 2.50. The predicted octanol–water partition coefficient (Wildman–Crippen LogP) is 4.01. The number of unbranched alkanes of at least 4 members (excludes halogenated alkanes) is 5. The van der Waals surface area contributed by atoms with Gasteiger partial charge in [-0.25, -0.2) is 13.6 Å². The van der Waals surface area contributed by atoms with E-state index in [9.17, 15) is 8.42 Å². The SMILES string of the molecule is CCCCCCCCC1C(S(N)(=O)=O)=CC=C(OC)C1(OC)c1cccnc1. The highest BCUT2D eigenvalue weighted by molar-refractivity contribution is 7.93. The second-order valence-electron chi connectivity index (χ2n) is 7.14. The fourth-order valence-electron chi connectivity index (χ4n) is 4.04. The molecular formula is C21H32N2O4S. The number of hydrogen-bond donors (Lipinski definition) is 1. The maximum absolute atomic E-state index is 12.4. The van der Waals surface area contributed by atoms with Crippen LogP contribution in [0.4, 0.5) is 0 Å². The van der Waals surface area contributed by atoms with Gasteiger partial charge < -0.3 is 9.47 Å². The zero-order chi connectivity index (χ0) is 20.6. The van der Waals surface area contributed by atoms with Crippen molar-refractivity contribution >= 4 is 10.0 Å². The van der Waals surface area contributed by atoms with Gasteiger partial charge in [0, 0.05) is 31.0 Å². The number of methoxy groups -OCH3 is 2. The van der Waals surface area contributed by atoms with Gasteiger partial charge in [0.05, 0.1) is 12.0 Å². The van der Waals surface area contributed by atoms with Crippen molar-refractivity contribution in [2.24, 2.45) is 11.1 Å². The molecule has 0 bridgehead atoms. The Bertz CT molecular complexity index is 790. The lowest BCUT2D eigenvalue weighted by atomic mass is 9.74. The van der Waals surface area contributed by atoms with Crippen LogP contribution in [-0.2, 0) is 25.1 Å². The molecule has 2 atom stereocenters. The van der Waals surface area contributed by atoms with E-state index in [1.165, 1.54) is 19.3 Å². The quantitative estimate of drug-likeness (QED) is 0.559. The number of aromatic nitrogens is 1. The number of hydrogen-bond acceptors (Lipinski definition) is 5.